The van der Waals surface area contributed by atoms with E-state index < -0.39 is 0 Å². The van der Waals surface area contributed by atoms with Crippen molar-refractivity contribution < 1.29 is 4.79 Å². The van der Waals surface area contributed by atoms with Crippen molar-refractivity contribution in [1.29, 1.82) is 0 Å². The molecule has 2 unspecified atom stereocenters. The molecule has 1 rings (SSSR count). The molecule has 2 atom stereocenters. The number of hydrogen-bond donors (Lipinski definition) is 2. The van der Waals surface area contributed by atoms with Crippen LogP contribution in [0.1, 0.15) is 13.3 Å². The Hall–Kier alpha value is -0.910. The van der Waals surface area contributed by atoms with Crippen molar-refractivity contribution in [3.63, 3.8) is 0 Å². The van der Waals surface area contributed by atoms with Crippen LogP contribution in [0.25, 0.3) is 0 Å². The highest BCUT2D eigenvalue weighted by Crippen LogP contribution is 2.28. The molecule has 18 heavy (non-hydrogen) atoms. The first-order chi connectivity index (χ1) is 8.54. The van der Waals surface area contributed by atoms with Gasteiger partial charge in [-0.15, -0.1) is 0 Å². The van der Waals surface area contributed by atoms with Crippen molar-refractivity contribution in [1.82, 2.24) is 15.5 Å². The first-order valence-corrected chi connectivity index (χ1v) is 7.68. The molecule has 6 heteroatoms. The van der Waals surface area contributed by atoms with Crippen LogP contribution in [0, 0.1) is 5.92 Å². The fourth-order valence-corrected chi connectivity index (χ4v) is 1.72. The molecule has 0 heterocycles. The fraction of sp³-hybridized carbons (Fsp3) is 0.833. The van der Waals surface area contributed by atoms with E-state index in [0.717, 1.165) is 18.3 Å². The number of nitrogens with one attached hydrogen (secondary N) is 2. The number of hydrogen-bond acceptors (Lipinski definition) is 3. The Kier molecular flexibility index (Phi) is 6.32. The molecular weight excluding hydrogens is 248 g/mol. The molecule has 0 spiro atoms. The third-order valence-electron chi connectivity index (χ3n) is 2.90. The molecule has 0 aromatic rings. The van der Waals surface area contributed by atoms with Gasteiger partial charge < -0.3 is 15.5 Å². The van der Waals surface area contributed by atoms with Crippen LogP contribution in [0.2, 0.25) is 0 Å². The van der Waals surface area contributed by atoms with E-state index in [1.54, 1.807) is 30.8 Å². The summed E-state index contributed by atoms with van der Waals surface area (Å²) in [7, 11) is 3.49. The quantitative estimate of drug-likeness (QED) is 0.417. The van der Waals surface area contributed by atoms with E-state index in [1.165, 1.54) is 6.42 Å². The summed E-state index contributed by atoms with van der Waals surface area (Å²) in [5.74, 6) is 2.52. The number of guanidine groups is 1. The van der Waals surface area contributed by atoms with Crippen LogP contribution in [0.4, 0.5) is 0 Å². The Labute approximate surface area is 114 Å². The Bertz CT molecular complexity index is 306. The smallest absolute Gasteiger partial charge is 0.243 e. The van der Waals surface area contributed by atoms with Crippen LogP contribution >= 0.6 is 11.8 Å². The van der Waals surface area contributed by atoms with Gasteiger partial charge in [0.2, 0.25) is 5.91 Å². The fourth-order valence-electron chi connectivity index (χ4n) is 1.41. The Morgan fingerprint density at radius 3 is 2.67 bits per heavy atom. The largest absolute Gasteiger partial charge is 0.356 e. The average Bonchev–Trinajstić information content (AvgIpc) is 3.01. The van der Waals surface area contributed by atoms with E-state index in [1.807, 2.05) is 0 Å². The maximum Gasteiger partial charge on any atom is 0.243 e. The second-order valence-corrected chi connectivity index (χ2v) is 5.82. The summed E-state index contributed by atoms with van der Waals surface area (Å²) < 4.78 is 0. The molecule has 0 aliphatic heterocycles. The van der Waals surface area contributed by atoms with E-state index in [0.29, 0.717) is 12.0 Å². The average molecular weight is 272 g/mol. The maximum atomic E-state index is 11.5. The molecule has 2 N–H and O–H groups in total. The minimum atomic E-state index is 0.0183. The van der Waals surface area contributed by atoms with Gasteiger partial charge >= 0.3 is 0 Å². The zero-order valence-electron chi connectivity index (χ0n) is 11.7. The van der Waals surface area contributed by atoms with Crippen LogP contribution in [0.15, 0.2) is 4.99 Å². The number of amides is 1. The summed E-state index contributed by atoms with van der Waals surface area (Å²) in [5, 5.41) is 6.61. The third-order valence-corrected chi connectivity index (χ3v) is 3.51. The maximum absolute atomic E-state index is 11.5. The predicted molar refractivity (Wildman–Crippen MR) is 78.1 cm³/mol. The Balaban J connectivity index is 2.41. The van der Waals surface area contributed by atoms with Crippen molar-refractivity contribution in [2.75, 3.05) is 39.2 Å². The molecule has 1 amide bonds. The zero-order valence-corrected chi connectivity index (χ0v) is 12.5. The second-order valence-electron chi connectivity index (χ2n) is 4.84. The lowest BCUT2D eigenvalue weighted by Gasteiger charge is -2.13. The van der Waals surface area contributed by atoms with Crippen LogP contribution in [0.5, 0.6) is 0 Å². The highest BCUT2D eigenvalue weighted by atomic mass is 32.2. The Morgan fingerprint density at radius 2 is 2.17 bits per heavy atom. The van der Waals surface area contributed by atoms with Gasteiger partial charge in [0.05, 0.1) is 0 Å². The monoisotopic (exact) mass is 272 g/mol. The molecule has 5 nitrogen and oxygen atoms in total. The van der Waals surface area contributed by atoms with Crippen molar-refractivity contribution >= 4 is 23.6 Å². The van der Waals surface area contributed by atoms with Gasteiger partial charge in [-0.3, -0.25) is 4.79 Å². The van der Waals surface area contributed by atoms with E-state index in [-0.39, 0.29) is 12.5 Å². The highest BCUT2D eigenvalue weighted by Gasteiger charge is 2.33. The summed E-state index contributed by atoms with van der Waals surface area (Å²) in [6.07, 6.45) is 3.26. The van der Waals surface area contributed by atoms with Crippen molar-refractivity contribution in [2.24, 2.45) is 10.9 Å². The van der Waals surface area contributed by atoms with Crippen LogP contribution in [0.3, 0.4) is 0 Å². The Morgan fingerprint density at radius 1 is 1.50 bits per heavy atom. The zero-order chi connectivity index (χ0) is 13.5. The number of rotatable bonds is 6. The number of carbonyl (C=O) groups is 1. The molecule has 0 saturated heterocycles. The number of likely N-dealkylation sites (N-methyl/N-ethyl adjacent to an activating group) is 1. The van der Waals surface area contributed by atoms with E-state index in [9.17, 15) is 4.79 Å². The van der Waals surface area contributed by atoms with E-state index in [2.05, 4.69) is 28.8 Å². The number of aliphatic imine (C=N–C) groups is 1. The van der Waals surface area contributed by atoms with Crippen molar-refractivity contribution in [2.45, 2.75) is 19.4 Å². The van der Waals surface area contributed by atoms with E-state index in [4.69, 9.17) is 0 Å². The van der Waals surface area contributed by atoms with Crippen LogP contribution < -0.4 is 10.6 Å². The molecule has 1 aliphatic rings. The molecule has 104 valence electrons. The minimum Gasteiger partial charge on any atom is -0.356 e. The van der Waals surface area contributed by atoms with Gasteiger partial charge in [0.15, 0.2) is 5.96 Å². The van der Waals surface area contributed by atoms with Crippen molar-refractivity contribution in [3.8, 4) is 0 Å². The molecule has 1 fully saturated rings. The summed E-state index contributed by atoms with van der Waals surface area (Å²) in [6, 6.07) is 0.514. The lowest BCUT2D eigenvalue weighted by atomic mass is 10.5. The number of carbonyl (C=O) groups excluding carboxylic acids is 1. The summed E-state index contributed by atoms with van der Waals surface area (Å²) in [4.78, 5) is 17.4. The van der Waals surface area contributed by atoms with Gasteiger partial charge in [0.25, 0.3) is 0 Å². The number of nitrogens with zero attached hydrogens (tertiary/aromatic N) is 2. The van der Waals surface area contributed by atoms with Crippen molar-refractivity contribution in [3.05, 3.63) is 0 Å². The van der Waals surface area contributed by atoms with Gasteiger partial charge in [-0.05, 0) is 18.6 Å². The van der Waals surface area contributed by atoms with Gasteiger partial charge in [-0.25, -0.2) is 4.99 Å². The first kappa shape index (κ1) is 15.1. The van der Waals surface area contributed by atoms with Crippen LogP contribution in [-0.2, 0) is 4.79 Å². The first-order valence-electron chi connectivity index (χ1n) is 6.28. The summed E-state index contributed by atoms with van der Waals surface area (Å²) >= 11 is 1.79. The van der Waals surface area contributed by atoms with E-state index >= 15 is 0 Å². The lowest BCUT2D eigenvalue weighted by molar-refractivity contribution is -0.127. The minimum absolute atomic E-state index is 0.0183. The molecule has 0 bridgehead atoms. The second kappa shape index (κ2) is 7.51. The molecule has 0 aromatic carbocycles. The molecule has 1 aliphatic carbocycles. The highest BCUT2D eigenvalue weighted by molar-refractivity contribution is 7.98. The van der Waals surface area contributed by atoms with Gasteiger partial charge in [0, 0.05) is 32.4 Å². The number of thioether (sulfide) groups is 1. The summed E-state index contributed by atoms with van der Waals surface area (Å²) in [6.45, 7) is 3.27. The molecule has 1 saturated carbocycles. The molecule has 0 radical (unpaired) electrons. The SMILES string of the molecule is CSCCNC(=NCC(=O)N(C)C)NC1CC1C. The predicted octanol–water partition coefficient (Wildman–Crippen LogP) is 0.381. The molecule has 0 aromatic heterocycles. The van der Waals surface area contributed by atoms with Gasteiger partial charge in [-0.2, -0.15) is 11.8 Å². The summed E-state index contributed by atoms with van der Waals surface area (Å²) in [5.41, 5.74) is 0. The lowest BCUT2D eigenvalue weighted by Crippen LogP contribution is -2.41. The normalized spacial score (nSPS) is 22.6. The molecular formula is C12H24N4OS. The third kappa shape index (κ3) is 5.62. The van der Waals surface area contributed by atoms with Gasteiger partial charge in [0.1, 0.15) is 6.54 Å². The topological polar surface area (TPSA) is 56.7 Å². The standard InChI is InChI=1S/C12H24N4OS/c1-9-7-10(9)15-12(13-5-6-18-4)14-8-11(17)16(2)3/h9-10H,5-8H2,1-4H3,(H2,13,14,15). The van der Waals surface area contributed by atoms with Crippen LogP contribution in [-0.4, -0.2) is 62.0 Å². The van der Waals surface area contributed by atoms with Gasteiger partial charge in [-0.1, -0.05) is 6.92 Å².